The van der Waals surface area contributed by atoms with E-state index in [-0.39, 0.29) is 0 Å². The highest BCUT2D eigenvalue weighted by Gasteiger charge is 2.22. The molecule has 5 nitrogen and oxygen atoms in total. The number of aryl methyl sites for hydroxylation is 4. The maximum Gasteiger partial charge on any atom is 0.137 e. The molecular formula is C42H42N4O. The molecule has 47 heavy (non-hydrogen) atoms. The zero-order valence-corrected chi connectivity index (χ0v) is 28.5. The van der Waals surface area contributed by atoms with Crippen LogP contribution < -0.4 is 4.74 Å². The molecule has 7 rings (SSSR count). The Bertz CT molecular complexity index is 2290. The highest BCUT2D eigenvalue weighted by atomic mass is 16.5. The van der Waals surface area contributed by atoms with Crippen LogP contribution in [0.4, 0.5) is 0 Å². The van der Waals surface area contributed by atoms with Crippen LogP contribution in [0.1, 0.15) is 60.0 Å². The highest BCUT2D eigenvalue weighted by Crippen LogP contribution is 2.39. The Labute approximate surface area is 277 Å². The van der Waals surface area contributed by atoms with Gasteiger partial charge in [-0.2, -0.15) is 5.10 Å². The Morgan fingerprint density at radius 2 is 1.43 bits per heavy atom. The topological polar surface area (TPSA) is 44.9 Å². The molecule has 0 fully saturated rings. The number of pyridine rings is 1. The minimum absolute atomic E-state index is 0.763. The molecule has 4 aromatic carbocycles. The van der Waals surface area contributed by atoms with E-state index in [1.165, 1.54) is 49.7 Å². The van der Waals surface area contributed by atoms with Gasteiger partial charge in [0.25, 0.3) is 0 Å². The van der Waals surface area contributed by atoms with Gasteiger partial charge in [0, 0.05) is 40.4 Å². The van der Waals surface area contributed by atoms with E-state index in [0.29, 0.717) is 0 Å². The number of hydrogen-bond acceptors (Lipinski definition) is 3. The monoisotopic (exact) mass is 618 g/mol. The van der Waals surface area contributed by atoms with Crippen LogP contribution in [0.25, 0.3) is 44.4 Å². The summed E-state index contributed by atoms with van der Waals surface area (Å²) in [6.45, 7) is 15.5. The predicted molar refractivity (Wildman–Crippen MR) is 195 cm³/mol. The van der Waals surface area contributed by atoms with E-state index in [0.717, 1.165) is 64.7 Å². The van der Waals surface area contributed by atoms with Gasteiger partial charge in [0.15, 0.2) is 0 Å². The van der Waals surface area contributed by atoms with Crippen LogP contribution in [0, 0.1) is 27.7 Å². The van der Waals surface area contributed by atoms with Gasteiger partial charge >= 0.3 is 0 Å². The number of aromatic nitrogens is 4. The molecule has 0 aliphatic heterocycles. The maximum atomic E-state index is 6.56. The minimum Gasteiger partial charge on any atom is -0.457 e. The average Bonchev–Trinajstić information content (AvgIpc) is 3.57. The van der Waals surface area contributed by atoms with Crippen molar-refractivity contribution in [2.75, 3.05) is 0 Å². The number of para-hydroxylation sites is 1. The molecule has 3 aromatic heterocycles. The Balaban J connectivity index is 1.29. The third kappa shape index (κ3) is 5.20. The van der Waals surface area contributed by atoms with E-state index in [2.05, 4.69) is 124 Å². The van der Waals surface area contributed by atoms with Crippen LogP contribution >= 0.6 is 0 Å². The lowest BCUT2D eigenvalue weighted by atomic mass is 9.85. The Kier molecular flexibility index (Phi) is 7.93. The molecular weight excluding hydrogens is 576 g/mol. The van der Waals surface area contributed by atoms with Crippen LogP contribution in [0.3, 0.4) is 0 Å². The summed E-state index contributed by atoms with van der Waals surface area (Å²) in [5.74, 6) is 2.43. The number of nitrogens with zero attached hydrogens (tertiary/aromatic N) is 4. The van der Waals surface area contributed by atoms with Gasteiger partial charge < -0.3 is 4.74 Å². The Morgan fingerprint density at radius 3 is 2.19 bits per heavy atom. The van der Waals surface area contributed by atoms with E-state index in [1.54, 1.807) is 0 Å². The van der Waals surface area contributed by atoms with Crippen molar-refractivity contribution >= 4 is 21.8 Å². The molecule has 0 N–H and O–H groups in total. The van der Waals surface area contributed by atoms with E-state index in [9.17, 15) is 0 Å². The third-order valence-electron chi connectivity index (χ3n) is 9.64. The average molecular weight is 619 g/mol. The highest BCUT2D eigenvalue weighted by molar-refractivity contribution is 6.09. The van der Waals surface area contributed by atoms with Gasteiger partial charge in [-0.1, -0.05) is 51.1 Å². The molecule has 0 radical (unpaired) electrons. The maximum absolute atomic E-state index is 6.56. The summed E-state index contributed by atoms with van der Waals surface area (Å²) in [6, 6.07) is 29.6. The number of fused-ring (bicyclic) bond motifs is 3. The molecule has 5 heteroatoms. The van der Waals surface area contributed by atoms with Gasteiger partial charge in [0.05, 0.1) is 22.4 Å². The van der Waals surface area contributed by atoms with E-state index >= 15 is 0 Å². The van der Waals surface area contributed by atoms with Gasteiger partial charge in [0.1, 0.15) is 17.3 Å². The number of ether oxygens (including phenoxy) is 1. The summed E-state index contributed by atoms with van der Waals surface area (Å²) in [7, 11) is 0. The molecule has 0 unspecified atom stereocenters. The van der Waals surface area contributed by atoms with E-state index < -0.39 is 0 Å². The molecule has 0 bridgehead atoms. The zero-order chi connectivity index (χ0) is 32.8. The summed E-state index contributed by atoms with van der Waals surface area (Å²) in [5, 5.41) is 7.45. The van der Waals surface area contributed by atoms with Crippen molar-refractivity contribution in [1.82, 2.24) is 19.3 Å². The van der Waals surface area contributed by atoms with Crippen LogP contribution in [-0.2, 0) is 19.3 Å². The Hall–Kier alpha value is -5.16. The molecule has 0 atom stereocenters. The molecule has 0 saturated carbocycles. The van der Waals surface area contributed by atoms with Gasteiger partial charge in [-0.25, -0.2) is 9.67 Å². The zero-order valence-electron chi connectivity index (χ0n) is 28.5. The van der Waals surface area contributed by atoms with Gasteiger partial charge in [-0.05, 0) is 123 Å². The summed E-state index contributed by atoms with van der Waals surface area (Å²) in [6.07, 6.45) is 4.91. The smallest absolute Gasteiger partial charge is 0.137 e. The fraction of sp³-hybridized carbons (Fsp3) is 0.238. The van der Waals surface area contributed by atoms with E-state index in [1.807, 2.05) is 24.4 Å². The molecule has 0 amide bonds. The van der Waals surface area contributed by atoms with Crippen molar-refractivity contribution in [1.29, 1.82) is 0 Å². The first-order chi connectivity index (χ1) is 22.8. The first-order valence-corrected chi connectivity index (χ1v) is 16.8. The molecule has 3 heterocycles. The predicted octanol–water partition coefficient (Wildman–Crippen LogP) is 10.7. The molecule has 7 aromatic rings. The largest absolute Gasteiger partial charge is 0.457 e. The van der Waals surface area contributed by atoms with Crippen molar-refractivity contribution in [2.45, 2.75) is 67.7 Å². The number of rotatable bonds is 8. The van der Waals surface area contributed by atoms with Crippen LogP contribution in [-0.4, -0.2) is 19.3 Å². The third-order valence-corrected chi connectivity index (χ3v) is 9.64. The molecule has 0 saturated heterocycles. The van der Waals surface area contributed by atoms with Crippen LogP contribution in [0.2, 0.25) is 0 Å². The fourth-order valence-electron chi connectivity index (χ4n) is 7.34. The first-order valence-electron chi connectivity index (χ1n) is 16.8. The van der Waals surface area contributed by atoms with Crippen LogP contribution in [0.5, 0.6) is 11.5 Å². The van der Waals surface area contributed by atoms with Crippen molar-refractivity contribution in [3.05, 3.63) is 130 Å². The molecule has 236 valence electrons. The lowest BCUT2D eigenvalue weighted by Crippen LogP contribution is -2.04. The lowest BCUT2D eigenvalue weighted by molar-refractivity contribution is 0.482. The Morgan fingerprint density at radius 1 is 0.660 bits per heavy atom. The first kappa shape index (κ1) is 30.5. The molecule has 0 spiro atoms. The van der Waals surface area contributed by atoms with Crippen molar-refractivity contribution < 1.29 is 4.74 Å². The second-order valence-corrected chi connectivity index (χ2v) is 12.5. The molecule has 0 aliphatic carbocycles. The van der Waals surface area contributed by atoms with Crippen molar-refractivity contribution in [3.63, 3.8) is 0 Å². The molecule has 0 aliphatic rings. The number of benzene rings is 4. The van der Waals surface area contributed by atoms with Crippen LogP contribution in [0.15, 0.2) is 91.1 Å². The summed E-state index contributed by atoms with van der Waals surface area (Å²) in [4.78, 5) is 4.73. The lowest BCUT2D eigenvalue weighted by Gasteiger charge is -2.20. The quantitative estimate of drug-likeness (QED) is 0.170. The normalized spacial score (nSPS) is 11.6. The fourth-order valence-corrected chi connectivity index (χ4v) is 7.34. The minimum atomic E-state index is 0.763. The summed E-state index contributed by atoms with van der Waals surface area (Å²) >= 11 is 0. The SMILES string of the molecule is CCc1cc(CC)c(-c2c(C)nn(-c3cccc(Oc4ccc5c6ccccc6n(-c6cc(C)ccn6)c5c4)c3)c2C)c(CC)c1C. The van der Waals surface area contributed by atoms with Gasteiger partial charge in [0.2, 0.25) is 0 Å². The second-order valence-electron chi connectivity index (χ2n) is 12.5. The van der Waals surface area contributed by atoms with Crippen molar-refractivity contribution in [2.24, 2.45) is 0 Å². The second kappa shape index (κ2) is 12.2. The van der Waals surface area contributed by atoms with E-state index in [4.69, 9.17) is 14.8 Å². The standard InChI is InChI=1S/C42H42N4O/c1-8-30-23-31(9-2)42(35(10-3)27(30)5)41-28(6)44-46(29(41)7)32-14-13-15-33(24-32)47-34-18-19-37-36-16-11-12-17-38(36)45(39(37)25-34)40-22-26(4)20-21-43-40/h11-25H,8-10H2,1-7H3. The number of hydrogen-bond donors (Lipinski definition) is 0. The summed E-state index contributed by atoms with van der Waals surface area (Å²) < 4.78 is 10.9. The van der Waals surface area contributed by atoms with Gasteiger partial charge in [-0.15, -0.1) is 0 Å². The summed E-state index contributed by atoms with van der Waals surface area (Å²) in [5.41, 5.74) is 14.8. The van der Waals surface area contributed by atoms with Crippen molar-refractivity contribution in [3.8, 4) is 34.1 Å². The van der Waals surface area contributed by atoms with Gasteiger partial charge in [-0.3, -0.25) is 4.57 Å².